The van der Waals surface area contributed by atoms with Crippen LogP contribution in [-0.2, 0) is 0 Å². The molecule has 8 heteroatoms. The smallest absolute Gasteiger partial charge is 0.166 e. The minimum Gasteiger partial charge on any atom is -0.313 e. The molecule has 12 aromatic carbocycles. The van der Waals surface area contributed by atoms with E-state index in [0.29, 0.717) is 23.0 Å². The summed E-state index contributed by atoms with van der Waals surface area (Å²) in [6.45, 7) is 6.27. The van der Waals surface area contributed by atoms with E-state index >= 15 is 0 Å². The van der Waals surface area contributed by atoms with Gasteiger partial charge in [0.25, 0.3) is 0 Å². The molecule has 5 aromatic heterocycles. The summed E-state index contributed by atoms with van der Waals surface area (Å²) >= 11 is 0. The topological polar surface area (TPSA) is 82.2 Å². The van der Waals surface area contributed by atoms with Gasteiger partial charge < -0.3 is 18.3 Å². The van der Waals surface area contributed by atoms with Crippen molar-refractivity contribution in [2.24, 2.45) is 0 Å². The van der Waals surface area contributed by atoms with E-state index in [1.807, 2.05) is 72.8 Å². The number of fused-ring (bicyclic) bond motifs is 10. The molecule has 426 valence electrons. The first-order valence-electron chi connectivity index (χ1n) is 30.6. The zero-order valence-corrected chi connectivity index (χ0v) is 49.6. The van der Waals surface area contributed by atoms with Gasteiger partial charge >= 0.3 is 0 Å². The van der Waals surface area contributed by atoms with Gasteiger partial charge in [0.05, 0.1) is 67.2 Å². The first-order valence-corrected chi connectivity index (χ1v) is 30.6. The van der Waals surface area contributed by atoms with Crippen LogP contribution in [0.15, 0.2) is 298 Å². The molecular formula is C83H54N8. The highest BCUT2D eigenvalue weighted by Crippen LogP contribution is 2.48. The van der Waals surface area contributed by atoms with E-state index < -0.39 is 0 Å². The van der Waals surface area contributed by atoms with Crippen LogP contribution in [0.25, 0.3) is 162 Å². The number of hydrogen-bond donors (Lipinski definition) is 0. The van der Waals surface area contributed by atoms with Gasteiger partial charge in [-0.05, 0) is 121 Å². The quantitative estimate of drug-likeness (QED) is 0.121. The standard InChI is InChI=1S/C83H54N8/c1-3-4-32-61-53(2)88(59-28-13-7-14-29-59)76-50-79-69(48-67(61)76)64-35-19-22-39-73(64)91(79)75-40-23-36-65(80(75)83-86-81(56-24-9-5-10-25-56)85-82(87-83)57-26-11-6-12-27-57)66-47-58(55-43-41-54(52-84)42-44-55)45-46-74(66)90-72-38-21-18-34-63(72)70-49-68-62-33-17-20-37-71(62)89(77(68)51-78(70)90)60-30-15-8-16-31-60/h3-51H,1H2,2H3/b32-4-. The fourth-order valence-corrected chi connectivity index (χ4v) is 14.0. The van der Waals surface area contributed by atoms with Crippen LogP contribution in [0.1, 0.15) is 16.8 Å². The van der Waals surface area contributed by atoms with Crippen LogP contribution in [0.2, 0.25) is 0 Å². The number of nitriles is 1. The Morgan fingerprint density at radius 3 is 1.37 bits per heavy atom. The molecular weight excluding hydrogens is 1110 g/mol. The fourth-order valence-electron chi connectivity index (χ4n) is 14.0. The van der Waals surface area contributed by atoms with Crippen molar-refractivity contribution in [3.05, 3.63) is 315 Å². The van der Waals surface area contributed by atoms with Crippen molar-refractivity contribution >= 4 is 82.4 Å². The molecule has 0 fully saturated rings. The predicted molar refractivity (Wildman–Crippen MR) is 376 cm³/mol. The molecule has 0 amide bonds. The average Bonchev–Trinajstić information content (AvgIpc) is 1.60. The summed E-state index contributed by atoms with van der Waals surface area (Å²) in [5, 5.41) is 18.0. The van der Waals surface area contributed by atoms with E-state index in [1.54, 1.807) is 0 Å². The summed E-state index contributed by atoms with van der Waals surface area (Å²) < 4.78 is 9.66. The molecule has 17 aromatic rings. The molecule has 0 atom stereocenters. The number of aromatic nitrogens is 7. The Bertz CT molecular complexity index is 5780. The number of allylic oxidation sites excluding steroid dienone is 2. The summed E-state index contributed by atoms with van der Waals surface area (Å²) in [6.07, 6.45) is 6.05. The zero-order valence-electron chi connectivity index (χ0n) is 49.6. The molecule has 0 bridgehead atoms. The van der Waals surface area contributed by atoms with E-state index in [9.17, 15) is 5.26 Å². The van der Waals surface area contributed by atoms with Crippen LogP contribution in [0, 0.1) is 18.3 Å². The monoisotopic (exact) mass is 1160 g/mol. The lowest BCUT2D eigenvalue weighted by Gasteiger charge is -2.21. The van der Waals surface area contributed by atoms with Crippen molar-refractivity contribution in [3.63, 3.8) is 0 Å². The van der Waals surface area contributed by atoms with Crippen LogP contribution in [0.5, 0.6) is 0 Å². The van der Waals surface area contributed by atoms with Crippen molar-refractivity contribution in [2.45, 2.75) is 6.92 Å². The normalized spacial score (nSPS) is 11.8. The minimum absolute atomic E-state index is 0.511. The first-order chi connectivity index (χ1) is 45.0. The lowest BCUT2D eigenvalue weighted by Crippen LogP contribution is -2.06. The van der Waals surface area contributed by atoms with E-state index in [4.69, 9.17) is 15.0 Å². The molecule has 0 spiro atoms. The van der Waals surface area contributed by atoms with E-state index in [0.717, 1.165) is 138 Å². The van der Waals surface area contributed by atoms with Crippen molar-refractivity contribution in [2.75, 3.05) is 0 Å². The van der Waals surface area contributed by atoms with Gasteiger partial charge in [0.1, 0.15) is 0 Å². The summed E-state index contributed by atoms with van der Waals surface area (Å²) in [5.41, 5.74) is 20.7. The molecule has 17 rings (SSSR count). The molecule has 91 heavy (non-hydrogen) atoms. The lowest BCUT2D eigenvalue weighted by atomic mass is 9.92. The summed E-state index contributed by atoms with van der Waals surface area (Å²) in [5.74, 6) is 1.62. The number of benzene rings is 12. The average molecular weight is 1160 g/mol. The minimum atomic E-state index is 0.511. The number of rotatable bonds is 11. The van der Waals surface area contributed by atoms with Crippen molar-refractivity contribution in [1.29, 1.82) is 5.26 Å². The SMILES string of the molecule is C=C/C=C\c1c(C)n(-c2ccccc2)c2cc3c(cc12)c1ccccc1n3-c1cccc(-c2cc(-c3ccc(C#N)cc3)ccc2-n2c3ccccc3c3cc4c5ccccc5n(-c5ccccc5)c4cc32)c1-c1nc(-c2ccccc2)nc(-c2ccccc2)n1. The first kappa shape index (κ1) is 52.9. The van der Waals surface area contributed by atoms with Crippen LogP contribution < -0.4 is 0 Å². The molecule has 0 unspecified atom stereocenters. The summed E-state index contributed by atoms with van der Waals surface area (Å²) in [7, 11) is 0. The Morgan fingerprint density at radius 1 is 0.352 bits per heavy atom. The van der Waals surface area contributed by atoms with Gasteiger partial charge in [0.2, 0.25) is 0 Å². The Morgan fingerprint density at radius 2 is 0.813 bits per heavy atom. The summed E-state index contributed by atoms with van der Waals surface area (Å²) in [4.78, 5) is 16.6. The van der Waals surface area contributed by atoms with Crippen molar-refractivity contribution < 1.29 is 0 Å². The maximum Gasteiger partial charge on any atom is 0.166 e. The molecule has 0 saturated carbocycles. The Hall–Kier alpha value is -12.4. The second-order valence-corrected chi connectivity index (χ2v) is 23.1. The molecule has 0 aliphatic heterocycles. The Labute approximate surface area is 524 Å². The fraction of sp³-hybridized carbons (Fsp3) is 0.0120. The molecule has 0 saturated heterocycles. The van der Waals surface area contributed by atoms with Crippen LogP contribution in [-0.4, -0.2) is 33.2 Å². The highest BCUT2D eigenvalue weighted by Gasteiger charge is 2.28. The molecule has 0 N–H and O–H groups in total. The van der Waals surface area contributed by atoms with Crippen molar-refractivity contribution in [3.8, 4) is 85.2 Å². The van der Waals surface area contributed by atoms with Crippen molar-refractivity contribution in [1.82, 2.24) is 33.2 Å². The van der Waals surface area contributed by atoms with E-state index in [2.05, 4.69) is 262 Å². The van der Waals surface area contributed by atoms with Gasteiger partial charge in [-0.1, -0.05) is 207 Å². The van der Waals surface area contributed by atoms with Crippen LogP contribution in [0.3, 0.4) is 0 Å². The van der Waals surface area contributed by atoms with Crippen LogP contribution >= 0.6 is 0 Å². The highest BCUT2D eigenvalue weighted by atomic mass is 15.1. The summed E-state index contributed by atoms with van der Waals surface area (Å²) in [6, 6.07) is 101. The third-order valence-electron chi connectivity index (χ3n) is 18.0. The predicted octanol–water partition coefficient (Wildman–Crippen LogP) is 20.8. The number of nitrogens with zero attached hydrogens (tertiary/aromatic N) is 8. The van der Waals surface area contributed by atoms with E-state index in [1.165, 1.54) is 10.8 Å². The Balaban J connectivity index is 1.03. The second kappa shape index (κ2) is 21.5. The number of hydrogen-bond acceptors (Lipinski definition) is 4. The molecule has 8 nitrogen and oxygen atoms in total. The third kappa shape index (κ3) is 8.55. The van der Waals surface area contributed by atoms with Gasteiger partial charge in [-0.3, -0.25) is 0 Å². The maximum atomic E-state index is 10.0. The van der Waals surface area contributed by atoms with Gasteiger partial charge in [-0.25, -0.2) is 15.0 Å². The number of para-hydroxylation sites is 5. The third-order valence-corrected chi connectivity index (χ3v) is 18.0. The molecule has 0 aliphatic carbocycles. The lowest BCUT2D eigenvalue weighted by molar-refractivity contribution is 1.05. The zero-order chi connectivity index (χ0) is 60.7. The van der Waals surface area contributed by atoms with Gasteiger partial charge in [0.15, 0.2) is 17.5 Å². The maximum absolute atomic E-state index is 10.0. The Kier molecular flexibility index (Phi) is 12.5. The molecule has 0 aliphatic rings. The molecule has 0 radical (unpaired) electrons. The van der Waals surface area contributed by atoms with E-state index in [-0.39, 0.29) is 0 Å². The van der Waals surface area contributed by atoms with Crippen LogP contribution in [0.4, 0.5) is 0 Å². The largest absolute Gasteiger partial charge is 0.313 e. The van der Waals surface area contributed by atoms with Gasteiger partial charge in [0, 0.05) is 77.0 Å². The highest BCUT2D eigenvalue weighted by molar-refractivity contribution is 6.20. The van der Waals surface area contributed by atoms with Gasteiger partial charge in [-0.15, -0.1) is 0 Å². The molecule has 5 heterocycles. The second-order valence-electron chi connectivity index (χ2n) is 23.1. The van der Waals surface area contributed by atoms with Gasteiger partial charge in [-0.2, -0.15) is 5.26 Å².